The van der Waals surface area contributed by atoms with E-state index in [1.807, 2.05) is 13.8 Å². The average molecular weight is 270 g/mol. The van der Waals surface area contributed by atoms with E-state index in [0.29, 0.717) is 13.1 Å². The van der Waals surface area contributed by atoms with Crippen LogP contribution in [0.1, 0.15) is 47.0 Å². The van der Waals surface area contributed by atoms with Crippen molar-refractivity contribution in [3.63, 3.8) is 0 Å². The molecule has 0 aliphatic carbocycles. The molecule has 1 heterocycles. The molecule has 110 valence electrons. The summed E-state index contributed by atoms with van der Waals surface area (Å²) in [5.74, 6) is -1.03. The van der Waals surface area contributed by atoms with Crippen LogP contribution in [-0.4, -0.2) is 41.1 Å². The van der Waals surface area contributed by atoms with Crippen molar-refractivity contribution >= 4 is 12.0 Å². The Balaban J connectivity index is 2.56. The van der Waals surface area contributed by atoms with Gasteiger partial charge in [0.25, 0.3) is 0 Å². The molecule has 1 unspecified atom stereocenters. The molecule has 0 aromatic rings. The van der Waals surface area contributed by atoms with Crippen molar-refractivity contribution in [1.29, 1.82) is 0 Å². The van der Waals surface area contributed by atoms with Crippen LogP contribution in [0.3, 0.4) is 0 Å². The lowest BCUT2D eigenvalue weighted by Gasteiger charge is -2.37. The van der Waals surface area contributed by atoms with E-state index >= 15 is 0 Å². The summed E-state index contributed by atoms with van der Waals surface area (Å²) in [6, 6.07) is -1.05. The first-order chi connectivity index (χ1) is 8.76. The summed E-state index contributed by atoms with van der Waals surface area (Å²) in [4.78, 5) is 25.0. The summed E-state index contributed by atoms with van der Waals surface area (Å²) in [6.07, 6.45) is 2.65. The Morgan fingerprint density at radius 1 is 1.32 bits per heavy atom. The van der Waals surface area contributed by atoms with Gasteiger partial charge in [-0.25, -0.2) is 9.59 Å². The van der Waals surface area contributed by atoms with Crippen molar-refractivity contribution in [2.75, 3.05) is 13.1 Å². The van der Waals surface area contributed by atoms with Crippen LogP contribution in [0, 0.1) is 11.3 Å². The number of hydrogen-bond donors (Lipinski definition) is 2. The summed E-state index contributed by atoms with van der Waals surface area (Å²) >= 11 is 0. The van der Waals surface area contributed by atoms with Gasteiger partial charge in [0.05, 0.1) is 0 Å². The molecule has 2 atom stereocenters. The average Bonchev–Trinajstić information content (AvgIpc) is 2.34. The molecule has 1 aliphatic rings. The second kappa shape index (κ2) is 6.26. The molecule has 2 N–H and O–H groups in total. The third-order valence-corrected chi connectivity index (χ3v) is 4.16. The molecule has 0 saturated carbocycles. The van der Waals surface area contributed by atoms with Gasteiger partial charge in [0.1, 0.15) is 6.04 Å². The summed E-state index contributed by atoms with van der Waals surface area (Å²) in [7, 11) is 0. The number of carboxylic acids is 1. The Labute approximate surface area is 115 Å². The Kier molecular flexibility index (Phi) is 5.20. The van der Waals surface area contributed by atoms with Gasteiger partial charge in [-0.05, 0) is 24.2 Å². The molecule has 5 nitrogen and oxygen atoms in total. The number of hydrogen-bond acceptors (Lipinski definition) is 2. The minimum absolute atomic E-state index is 0.0670. The second-order valence-electron chi connectivity index (χ2n) is 6.30. The molecule has 0 aromatic heterocycles. The highest BCUT2D eigenvalue weighted by Gasteiger charge is 2.31. The first-order valence-corrected chi connectivity index (χ1v) is 7.05. The van der Waals surface area contributed by atoms with E-state index in [9.17, 15) is 14.7 Å². The molecule has 1 aliphatic heterocycles. The molecule has 5 heteroatoms. The molecular formula is C14H26N2O3. The second-order valence-corrected chi connectivity index (χ2v) is 6.30. The lowest BCUT2D eigenvalue weighted by molar-refractivity contribution is -0.140. The molecule has 0 radical (unpaired) electrons. The maximum absolute atomic E-state index is 12.1. The Morgan fingerprint density at radius 2 is 1.84 bits per heavy atom. The third kappa shape index (κ3) is 4.40. The largest absolute Gasteiger partial charge is 0.480 e. The van der Waals surface area contributed by atoms with E-state index in [2.05, 4.69) is 19.2 Å². The number of carbonyl (C=O) groups is 2. The monoisotopic (exact) mass is 270 g/mol. The van der Waals surface area contributed by atoms with E-state index in [1.165, 1.54) is 0 Å². The molecule has 1 fully saturated rings. The van der Waals surface area contributed by atoms with Gasteiger partial charge in [-0.1, -0.05) is 34.1 Å². The van der Waals surface area contributed by atoms with Gasteiger partial charge < -0.3 is 15.3 Å². The lowest BCUT2D eigenvalue weighted by atomic mass is 9.83. The molecule has 0 aromatic carbocycles. The van der Waals surface area contributed by atoms with E-state index in [-0.39, 0.29) is 17.4 Å². The zero-order valence-corrected chi connectivity index (χ0v) is 12.4. The molecular weight excluding hydrogens is 244 g/mol. The first kappa shape index (κ1) is 15.8. The Bertz CT molecular complexity index is 332. The van der Waals surface area contributed by atoms with Crippen LogP contribution in [0.15, 0.2) is 0 Å². The smallest absolute Gasteiger partial charge is 0.326 e. The lowest BCUT2D eigenvalue weighted by Crippen LogP contribution is -2.52. The fourth-order valence-corrected chi connectivity index (χ4v) is 2.22. The highest BCUT2D eigenvalue weighted by molar-refractivity contribution is 5.82. The minimum Gasteiger partial charge on any atom is -0.480 e. The molecule has 1 rings (SSSR count). The van der Waals surface area contributed by atoms with Crippen molar-refractivity contribution < 1.29 is 14.7 Å². The van der Waals surface area contributed by atoms with Crippen molar-refractivity contribution in [1.82, 2.24) is 10.2 Å². The number of carboxylic acid groups (broad SMARTS) is 1. The summed E-state index contributed by atoms with van der Waals surface area (Å²) in [5.41, 5.74) is 0.277. The van der Waals surface area contributed by atoms with E-state index in [4.69, 9.17) is 0 Å². The topological polar surface area (TPSA) is 69.6 Å². The van der Waals surface area contributed by atoms with E-state index in [1.54, 1.807) is 4.90 Å². The van der Waals surface area contributed by atoms with Crippen LogP contribution < -0.4 is 5.32 Å². The van der Waals surface area contributed by atoms with Gasteiger partial charge in [0, 0.05) is 13.1 Å². The predicted molar refractivity (Wildman–Crippen MR) is 74.0 cm³/mol. The van der Waals surface area contributed by atoms with Gasteiger partial charge in [-0.3, -0.25) is 0 Å². The van der Waals surface area contributed by atoms with Crippen LogP contribution in [-0.2, 0) is 4.79 Å². The highest BCUT2D eigenvalue weighted by Crippen LogP contribution is 2.29. The zero-order chi connectivity index (χ0) is 14.6. The summed E-state index contributed by atoms with van der Waals surface area (Å²) < 4.78 is 0. The van der Waals surface area contributed by atoms with Crippen molar-refractivity contribution in [2.24, 2.45) is 11.3 Å². The number of aliphatic carboxylic acids is 1. The van der Waals surface area contributed by atoms with Gasteiger partial charge >= 0.3 is 12.0 Å². The number of amides is 2. The normalized spacial score (nSPS) is 21.6. The van der Waals surface area contributed by atoms with Gasteiger partial charge in [0.2, 0.25) is 0 Å². The van der Waals surface area contributed by atoms with Gasteiger partial charge in [-0.15, -0.1) is 0 Å². The van der Waals surface area contributed by atoms with Crippen molar-refractivity contribution in [3.05, 3.63) is 0 Å². The number of carbonyl (C=O) groups excluding carboxylic acids is 1. The highest BCUT2D eigenvalue weighted by atomic mass is 16.4. The summed E-state index contributed by atoms with van der Waals surface area (Å²) in [6.45, 7) is 9.56. The standard InChI is InChI=1S/C14H26N2O3/c1-5-10(2)11(12(17)18)15-13(19)16-8-6-14(3,4)7-9-16/h10-11H,5-9H2,1-4H3,(H,15,19)(H,17,18)/t10?,11-/m0/s1. The predicted octanol–water partition coefficient (Wildman–Crippen LogP) is 2.32. The number of nitrogens with one attached hydrogen (secondary N) is 1. The molecule has 0 spiro atoms. The number of rotatable bonds is 4. The van der Waals surface area contributed by atoms with Crippen LogP contribution in [0.4, 0.5) is 4.79 Å². The fourth-order valence-electron chi connectivity index (χ4n) is 2.22. The molecule has 0 bridgehead atoms. The third-order valence-electron chi connectivity index (χ3n) is 4.16. The fraction of sp³-hybridized carbons (Fsp3) is 0.857. The van der Waals surface area contributed by atoms with Crippen LogP contribution in [0.5, 0.6) is 0 Å². The number of nitrogens with zero attached hydrogens (tertiary/aromatic N) is 1. The van der Waals surface area contributed by atoms with Gasteiger partial charge in [-0.2, -0.15) is 0 Å². The SMILES string of the molecule is CCC(C)[C@H](NC(=O)N1CCC(C)(C)CC1)C(=O)O. The van der Waals surface area contributed by atoms with Crippen LogP contribution in [0.25, 0.3) is 0 Å². The maximum atomic E-state index is 12.1. The first-order valence-electron chi connectivity index (χ1n) is 7.05. The number of piperidine rings is 1. The minimum atomic E-state index is -0.958. The molecule has 2 amide bonds. The number of urea groups is 1. The van der Waals surface area contributed by atoms with Crippen molar-refractivity contribution in [2.45, 2.75) is 53.0 Å². The van der Waals surface area contributed by atoms with Gasteiger partial charge in [0.15, 0.2) is 0 Å². The molecule has 1 saturated heterocycles. The van der Waals surface area contributed by atoms with E-state index in [0.717, 1.165) is 19.3 Å². The Morgan fingerprint density at radius 3 is 2.26 bits per heavy atom. The number of likely N-dealkylation sites (tertiary alicyclic amines) is 1. The van der Waals surface area contributed by atoms with Crippen LogP contribution >= 0.6 is 0 Å². The Hall–Kier alpha value is -1.26. The van der Waals surface area contributed by atoms with Crippen molar-refractivity contribution in [3.8, 4) is 0 Å². The summed E-state index contributed by atoms with van der Waals surface area (Å²) in [5, 5.41) is 11.8. The maximum Gasteiger partial charge on any atom is 0.326 e. The quantitative estimate of drug-likeness (QED) is 0.823. The zero-order valence-electron chi connectivity index (χ0n) is 12.4. The van der Waals surface area contributed by atoms with E-state index < -0.39 is 12.0 Å². The van der Waals surface area contributed by atoms with Crippen LogP contribution in [0.2, 0.25) is 0 Å². The molecule has 19 heavy (non-hydrogen) atoms.